The van der Waals surface area contributed by atoms with Crippen molar-refractivity contribution in [2.75, 3.05) is 0 Å². The van der Waals surface area contributed by atoms with Gasteiger partial charge in [0.15, 0.2) is 0 Å². The van der Waals surface area contributed by atoms with Gasteiger partial charge in [0.05, 0.1) is 0 Å². The van der Waals surface area contributed by atoms with Crippen LogP contribution in [0.25, 0.3) is 87.6 Å². The molecule has 46 heavy (non-hydrogen) atoms. The van der Waals surface area contributed by atoms with E-state index in [2.05, 4.69) is 182 Å². The van der Waals surface area contributed by atoms with Gasteiger partial charge in [-0.15, -0.1) is 0 Å². The summed E-state index contributed by atoms with van der Waals surface area (Å²) in [5.41, 5.74) is 10.0. The monoisotopic (exact) mass is 582 g/mol. The third-order valence-electron chi connectivity index (χ3n) is 9.46. The maximum absolute atomic E-state index is 2.38. The molecule has 0 unspecified atom stereocenters. The molecule has 0 aliphatic rings. The summed E-state index contributed by atoms with van der Waals surface area (Å²) >= 11 is 0. The van der Waals surface area contributed by atoms with Crippen LogP contribution in [0.1, 0.15) is 0 Å². The lowest BCUT2D eigenvalue weighted by molar-refractivity contribution is 1.60. The highest BCUT2D eigenvalue weighted by Crippen LogP contribution is 2.46. The second-order valence-corrected chi connectivity index (χ2v) is 12.0. The van der Waals surface area contributed by atoms with Gasteiger partial charge >= 0.3 is 0 Å². The van der Waals surface area contributed by atoms with Crippen LogP contribution in [-0.2, 0) is 0 Å². The van der Waals surface area contributed by atoms with E-state index in [1.54, 1.807) is 0 Å². The molecular formula is C46H30. The Hall–Kier alpha value is -5.98. The van der Waals surface area contributed by atoms with E-state index >= 15 is 0 Å². The van der Waals surface area contributed by atoms with Crippen LogP contribution in [0.3, 0.4) is 0 Å². The molecular weight excluding hydrogens is 553 g/mol. The third kappa shape index (κ3) is 4.23. The van der Waals surface area contributed by atoms with Gasteiger partial charge in [0, 0.05) is 0 Å². The molecule has 9 rings (SSSR count). The molecule has 0 saturated carbocycles. The summed E-state index contributed by atoms with van der Waals surface area (Å²) < 4.78 is 0. The Labute approximate surface area is 268 Å². The topological polar surface area (TPSA) is 0 Å². The summed E-state index contributed by atoms with van der Waals surface area (Å²) in [5.74, 6) is 0. The van der Waals surface area contributed by atoms with E-state index in [4.69, 9.17) is 0 Å². The van der Waals surface area contributed by atoms with Gasteiger partial charge in [-0.3, -0.25) is 0 Å². The fourth-order valence-electron chi connectivity index (χ4n) is 7.43. The normalized spacial score (nSPS) is 11.5. The molecule has 0 atom stereocenters. The smallest absolute Gasteiger partial charge is 0.00201 e. The van der Waals surface area contributed by atoms with Crippen LogP contribution in [0, 0.1) is 0 Å². The Kier molecular flexibility index (Phi) is 6.25. The summed E-state index contributed by atoms with van der Waals surface area (Å²) in [7, 11) is 0. The molecule has 214 valence electrons. The van der Waals surface area contributed by atoms with Crippen LogP contribution in [0.4, 0.5) is 0 Å². The molecule has 0 amide bonds. The van der Waals surface area contributed by atoms with Crippen molar-refractivity contribution < 1.29 is 0 Å². The average molecular weight is 583 g/mol. The van der Waals surface area contributed by atoms with Gasteiger partial charge < -0.3 is 0 Å². The average Bonchev–Trinajstić information content (AvgIpc) is 3.14. The highest BCUT2D eigenvalue weighted by molar-refractivity contribution is 6.22. The Balaban J connectivity index is 1.31. The highest BCUT2D eigenvalue weighted by Gasteiger charge is 2.19. The molecule has 0 aliphatic heterocycles. The zero-order chi connectivity index (χ0) is 30.5. The number of rotatable bonds is 4. The maximum Gasteiger partial charge on any atom is -0.00201 e. The summed E-state index contributed by atoms with van der Waals surface area (Å²) in [6, 6.07) is 66.5. The number of benzene rings is 9. The van der Waals surface area contributed by atoms with Crippen molar-refractivity contribution in [3.05, 3.63) is 182 Å². The van der Waals surface area contributed by atoms with Crippen molar-refractivity contribution in [2.45, 2.75) is 0 Å². The minimum Gasteiger partial charge on any atom is -0.0622 e. The molecule has 9 aromatic carbocycles. The van der Waals surface area contributed by atoms with Crippen LogP contribution in [0.5, 0.6) is 0 Å². The van der Waals surface area contributed by atoms with Crippen LogP contribution in [0.15, 0.2) is 182 Å². The summed E-state index contributed by atoms with van der Waals surface area (Å²) in [5, 5.41) is 10.2. The SMILES string of the molecule is c1ccc(-c2ccccc2-c2c3ccccc3c(-c3cccc(-c4cccc5c4ccc4ccccc45)c3)c3ccccc23)cc1. The molecule has 9 aromatic rings. The van der Waals surface area contributed by atoms with Crippen LogP contribution in [-0.4, -0.2) is 0 Å². The van der Waals surface area contributed by atoms with Crippen molar-refractivity contribution in [3.63, 3.8) is 0 Å². The van der Waals surface area contributed by atoms with Gasteiger partial charge in [0.25, 0.3) is 0 Å². The van der Waals surface area contributed by atoms with Crippen LogP contribution < -0.4 is 0 Å². The molecule has 0 nitrogen and oxygen atoms in total. The molecule has 0 saturated heterocycles. The van der Waals surface area contributed by atoms with Crippen molar-refractivity contribution in [1.82, 2.24) is 0 Å². The van der Waals surface area contributed by atoms with Crippen molar-refractivity contribution >= 4 is 43.1 Å². The zero-order valence-electron chi connectivity index (χ0n) is 25.3. The Morgan fingerprint density at radius 1 is 0.217 bits per heavy atom. The maximum atomic E-state index is 2.38. The van der Waals surface area contributed by atoms with E-state index in [-0.39, 0.29) is 0 Å². The lowest BCUT2D eigenvalue weighted by Gasteiger charge is -2.20. The van der Waals surface area contributed by atoms with Crippen molar-refractivity contribution in [1.29, 1.82) is 0 Å². The van der Waals surface area contributed by atoms with Crippen LogP contribution in [0.2, 0.25) is 0 Å². The Bertz CT molecular complexity index is 2520. The molecule has 0 radical (unpaired) electrons. The summed E-state index contributed by atoms with van der Waals surface area (Å²) in [6.07, 6.45) is 0. The quantitative estimate of drug-likeness (QED) is 0.143. The molecule has 0 aromatic heterocycles. The Morgan fingerprint density at radius 3 is 1.46 bits per heavy atom. The third-order valence-corrected chi connectivity index (χ3v) is 9.46. The fourth-order valence-corrected chi connectivity index (χ4v) is 7.43. The molecule has 0 heterocycles. The minimum absolute atomic E-state index is 1.23. The first-order chi connectivity index (χ1) is 22.8. The molecule has 0 heteroatoms. The molecule has 0 fully saturated rings. The highest BCUT2D eigenvalue weighted by atomic mass is 14.2. The molecule has 0 spiro atoms. The lowest BCUT2D eigenvalue weighted by atomic mass is 9.83. The summed E-state index contributed by atoms with van der Waals surface area (Å²) in [6.45, 7) is 0. The Morgan fingerprint density at radius 2 is 0.717 bits per heavy atom. The van der Waals surface area contributed by atoms with Gasteiger partial charge in [-0.05, 0) is 93.7 Å². The van der Waals surface area contributed by atoms with E-state index in [1.165, 1.54) is 87.6 Å². The van der Waals surface area contributed by atoms with Crippen molar-refractivity contribution in [3.8, 4) is 44.5 Å². The van der Waals surface area contributed by atoms with Gasteiger partial charge in [0.2, 0.25) is 0 Å². The number of fused-ring (bicyclic) bond motifs is 5. The standard InChI is InChI=1S/C46H30/c1-2-14-31(15-3-1)36-20-6-7-21-40(36)46-43-24-10-8-22-41(43)45(42-23-9-11-25-44(42)46)34-18-12-17-33(30-34)37-26-13-27-38-35-19-5-4-16-32(35)28-29-39(37)38/h1-30H. The van der Waals surface area contributed by atoms with E-state index in [9.17, 15) is 0 Å². The van der Waals surface area contributed by atoms with Gasteiger partial charge in [0.1, 0.15) is 0 Å². The van der Waals surface area contributed by atoms with Crippen molar-refractivity contribution in [2.24, 2.45) is 0 Å². The predicted octanol–water partition coefficient (Wildman–Crippen LogP) is 13.0. The van der Waals surface area contributed by atoms with E-state index < -0.39 is 0 Å². The van der Waals surface area contributed by atoms with Crippen LogP contribution >= 0.6 is 0 Å². The van der Waals surface area contributed by atoms with Gasteiger partial charge in [-0.2, -0.15) is 0 Å². The number of hydrogen-bond donors (Lipinski definition) is 0. The first kappa shape index (κ1) is 26.4. The zero-order valence-corrected chi connectivity index (χ0v) is 25.3. The van der Waals surface area contributed by atoms with Gasteiger partial charge in [-0.1, -0.05) is 176 Å². The molecule has 0 aliphatic carbocycles. The second-order valence-electron chi connectivity index (χ2n) is 12.0. The summed E-state index contributed by atoms with van der Waals surface area (Å²) in [4.78, 5) is 0. The minimum atomic E-state index is 1.23. The van der Waals surface area contributed by atoms with E-state index in [1.807, 2.05) is 0 Å². The van der Waals surface area contributed by atoms with E-state index in [0.717, 1.165) is 0 Å². The molecule has 0 N–H and O–H groups in total. The predicted molar refractivity (Wildman–Crippen MR) is 198 cm³/mol. The fraction of sp³-hybridized carbons (Fsp3) is 0. The second kappa shape index (κ2) is 10.9. The lowest BCUT2D eigenvalue weighted by Crippen LogP contribution is -1.93. The first-order valence-electron chi connectivity index (χ1n) is 15.9. The van der Waals surface area contributed by atoms with E-state index in [0.29, 0.717) is 0 Å². The largest absolute Gasteiger partial charge is 0.0622 e. The first-order valence-corrected chi connectivity index (χ1v) is 15.9. The molecule has 0 bridgehead atoms. The number of hydrogen-bond acceptors (Lipinski definition) is 0. The van der Waals surface area contributed by atoms with Gasteiger partial charge in [-0.25, -0.2) is 0 Å².